The minimum Gasteiger partial charge on any atom is -0.486 e. The van der Waals surface area contributed by atoms with Crippen molar-refractivity contribution in [3.8, 4) is 5.75 Å². The summed E-state index contributed by atoms with van der Waals surface area (Å²) in [6.45, 7) is 0. The van der Waals surface area contributed by atoms with Crippen LogP contribution in [0.2, 0.25) is 0 Å². The molecule has 0 aliphatic heterocycles. The van der Waals surface area contributed by atoms with Crippen LogP contribution in [0, 0.1) is 11.7 Å². The van der Waals surface area contributed by atoms with E-state index >= 15 is 0 Å². The number of allylic oxidation sites excluding steroid dienone is 1. The van der Waals surface area contributed by atoms with Crippen LogP contribution >= 0.6 is 0 Å². The highest BCUT2D eigenvalue weighted by atomic mass is 19.1. The summed E-state index contributed by atoms with van der Waals surface area (Å²) in [5.41, 5.74) is 1.93. The smallest absolute Gasteiger partial charge is 0.338 e. The third-order valence-corrected chi connectivity index (χ3v) is 4.80. The third kappa shape index (κ3) is 2.23. The Bertz CT molecular complexity index is 646. The van der Waals surface area contributed by atoms with Crippen LogP contribution in [-0.4, -0.2) is 17.2 Å². The van der Waals surface area contributed by atoms with Gasteiger partial charge in [-0.15, -0.1) is 0 Å². The van der Waals surface area contributed by atoms with E-state index in [1.54, 1.807) is 0 Å². The average Bonchev–Trinajstić information content (AvgIpc) is 3.07. The van der Waals surface area contributed by atoms with E-state index in [-0.39, 0.29) is 11.7 Å². The van der Waals surface area contributed by atoms with Gasteiger partial charge in [-0.25, -0.2) is 9.18 Å². The lowest BCUT2D eigenvalue weighted by Gasteiger charge is -2.23. The van der Waals surface area contributed by atoms with Crippen LogP contribution in [0.4, 0.5) is 4.39 Å². The molecule has 21 heavy (non-hydrogen) atoms. The SMILES string of the molecule is O=C(O)c1cc(C2CC2)c(O[C@H]2C[C@H]3C=C2CC3)cc1F. The number of hydrogen-bond acceptors (Lipinski definition) is 2. The minimum atomic E-state index is -1.22. The van der Waals surface area contributed by atoms with Crippen molar-refractivity contribution >= 4 is 5.97 Å². The molecule has 0 radical (unpaired) electrons. The van der Waals surface area contributed by atoms with Gasteiger partial charge in [-0.05, 0) is 61.1 Å². The Morgan fingerprint density at radius 3 is 2.67 bits per heavy atom. The summed E-state index contributed by atoms with van der Waals surface area (Å²) in [4.78, 5) is 11.1. The van der Waals surface area contributed by atoms with E-state index in [0.717, 1.165) is 31.2 Å². The van der Waals surface area contributed by atoms with E-state index in [1.165, 1.54) is 24.1 Å². The molecule has 0 aromatic heterocycles. The van der Waals surface area contributed by atoms with Crippen LogP contribution in [0.5, 0.6) is 5.75 Å². The maximum Gasteiger partial charge on any atom is 0.338 e. The van der Waals surface area contributed by atoms with Crippen LogP contribution in [0.1, 0.15) is 53.9 Å². The summed E-state index contributed by atoms with van der Waals surface area (Å²) < 4.78 is 20.0. The molecule has 0 amide bonds. The lowest BCUT2D eigenvalue weighted by molar-refractivity contribution is 0.0691. The van der Waals surface area contributed by atoms with E-state index in [9.17, 15) is 9.18 Å². The molecule has 0 heterocycles. The first kappa shape index (κ1) is 12.9. The van der Waals surface area contributed by atoms with Gasteiger partial charge in [0.05, 0.1) is 5.56 Å². The lowest BCUT2D eigenvalue weighted by atomic mass is 9.96. The van der Waals surface area contributed by atoms with Crippen molar-refractivity contribution in [1.82, 2.24) is 0 Å². The van der Waals surface area contributed by atoms with E-state index < -0.39 is 11.8 Å². The Morgan fingerprint density at radius 1 is 1.29 bits per heavy atom. The van der Waals surface area contributed by atoms with E-state index in [2.05, 4.69) is 6.08 Å². The largest absolute Gasteiger partial charge is 0.486 e. The fraction of sp³-hybridized carbons (Fsp3) is 0.471. The normalized spacial score (nSPS) is 26.8. The van der Waals surface area contributed by atoms with Gasteiger partial charge in [0.2, 0.25) is 0 Å². The fourth-order valence-electron chi connectivity index (χ4n) is 3.53. The first-order valence-corrected chi connectivity index (χ1v) is 7.56. The summed E-state index contributed by atoms with van der Waals surface area (Å²) in [5.74, 6) is -0.454. The number of ether oxygens (including phenoxy) is 1. The second-order valence-electron chi connectivity index (χ2n) is 6.33. The van der Waals surface area contributed by atoms with Crippen molar-refractivity contribution in [2.75, 3.05) is 0 Å². The van der Waals surface area contributed by atoms with Gasteiger partial charge in [0.25, 0.3) is 0 Å². The molecule has 1 aromatic rings. The minimum absolute atomic E-state index is 0.0522. The Labute approximate surface area is 122 Å². The molecule has 0 unspecified atom stereocenters. The van der Waals surface area contributed by atoms with Gasteiger partial charge in [0, 0.05) is 6.07 Å². The molecular formula is C17H17FO3. The number of carboxylic acids is 1. The van der Waals surface area contributed by atoms with E-state index in [0.29, 0.717) is 17.6 Å². The monoisotopic (exact) mass is 288 g/mol. The lowest BCUT2D eigenvalue weighted by Crippen LogP contribution is -2.21. The number of halogens is 1. The summed E-state index contributed by atoms with van der Waals surface area (Å²) in [6.07, 6.45) is 7.64. The van der Waals surface area contributed by atoms with E-state index in [1.807, 2.05) is 0 Å². The van der Waals surface area contributed by atoms with Crippen molar-refractivity contribution in [2.24, 2.45) is 5.92 Å². The summed E-state index contributed by atoms with van der Waals surface area (Å²) in [7, 11) is 0. The molecule has 0 spiro atoms. The number of carboxylic acid groups (broad SMARTS) is 1. The molecular weight excluding hydrogens is 271 g/mol. The van der Waals surface area contributed by atoms with Gasteiger partial charge in [-0.2, -0.15) is 0 Å². The second-order valence-corrected chi connectivity index (χ2v) is 6.33. The first-order valence-electron chi connectivity index (χ1n) is 7.56. The highest BCUT2D eigenvalue weighted by molar-refractivity contribution is 5.88. The summed E-state index contributed by atoms with van der Waals surface area (Å²) >= 11 is 0. The van der Waals surface area contributed by atoms with Crippen LogP contribution in [0.25, 0.3) is 0 Å². The van der Waals surface area contributed by atoms with Gasteiger partial charge >= 0.3 is 5.97 Å². The average molecular weight is 288 g/mol. The maximum atomic E-state index is 14.0. The summed E-state index contributed by atoms with van der Waals surface area (Å²) in [6, 6.07) is 2.73. The third-order valence-electron chi connectivity index (χ3n) is 4.80. The van der Waals surface area contributed by atoms with Crippen LogP contribution < -0.4 is 4.74 Å². The zero-order valence-electron chi connectivity index (χ0n) is 11.6. The molecule has 1 fully saturated rings. The quantitative estimate of drug-likeness (QED) is 0.855. The zero-order chi connectivity index (χ0) is 14.6. The van der Waals surface area contributed by atoms with Crippen molar-refractivity contribution in [2.45, 2.75) is 44.1 Å². The number of fused-ring (bicyclic) bond motifs is 1. The van der Waals surface area contributed by atoms with Gasteiger partial charge in [0.15, 0.2) is 0 Å². The van der Waals surface area contributed by atoms with E-state index in [4.69, 9.17) is 9.84 Å². The molecule has 3 aliphatic carbocycles. The molecule has 110 valence electrons. The molecule has 4 heteroatoms. The van der Waals surface area contributed by atoms with Crippen molar-refractivity contribution in [3.63, 3.8) is 0 Å². The fourth-order valence-corrected chi connectivity index (χ4v) is 3.53. The van der Waals surface area contributed by atoms with Crippen LogP contribution in [0.3, 0.4) is 0 Å². The molecule has 2 bridgehead atoms. The highest BCUT2D eigenvalue weighted by Gasteiger charge is 2.35. The van der Waals surface area contributed by atoms with Gasteiger partial charge in [-0.1, -0.05) is 6.08 Å². The standard InChI is InChI=1S/C17H17FO3/c18-14-8-16(21-15-6-9-1-2-11(15)5-9)12(10-3-4-10)7-13(14)17(19)20/h5,7-10,15H,1-4,6H2,(H,19,20)/t9-,15+/m1/s1. The van der Waals surface area contributed by atoms with Crippen molar-refractivity contribution in [1.29, 1.82) is 0 Å². The van der Waals surface area contributed by atoms with Crippen LogP contribution in [-0.2, 0) is 0 Å². The topological polar surface area (TPSA) is 46.5 Å². The Balaban J connectivity index is 1.66. The second kappa shape index (κ2) is 4.58. The molecule has 1 saturated carbocycles. The Hall–Kier alpha value is -1.84. The molecule has 4 rings (SSSR count). The Kier molecular flexibility index (Phi) is 2.81. The van der Waals surface area contributed by atoms with Gasteiger partial charge in [-0.3, -0.25) is 0 Å². The van der Waals surface area contributed by atoms with Crippen LogP contribution in [0.15, 0.2) is 23.8 Å². The molecule has 3 nitrogen and oxygen atoms in total. The molecule has 3 aliphatic rings. The number of hydrogen-bond donors (Lipinski definition) is 1. The molecule has 0 saturated heterocycles. The number of rotatable bonds is 4. The van der Waals surface area contributed by atoms with Gasteiger partial charge in [0.1, 0.15) is 17.7 Å². The molecule has 1 aromatic carbocycles. The Morgan fingerprint density at radius 2 is 2.10 bits per heavy atom. The number of aromatic carboxylic acids is 1. The predicted octanol–water partition coefficient (Wildman–Crippen LogP) is 3.89. The predicted molar refractivity (Wildman–Crippen MR) is 75.2 cm³/mol. The maximum absolute atomic E-state index is 14.0. The van der Waals surface area contributed by atoms with Crippen molar-refractivity contribution < 1.29 is 19.0 Å². The number of carbonyl (C=O) groups is 1. The number of benzene rings is 1. The van der Waals surface area contributed by atoms with Gasteiger partial charge < -0.3 is 9.84 Å². The highest BCUT2D eigenvalue weighted by Crippen LogP contribution is 2.47. The first-order chi connectivity index (χ1) is 10.1. The molecule has 1 N–H and O–H groups in total. The zero-order valence-corrected chi connectivity index (χ0v) is 11.6. The molecule has 2 atom stereocenters. The van der Waals surface area contributed by atoms with Crippen molar-refractivity contribution in [3.05, 3.63) is 40.7 Å². The summed E-state index contributed by atoms with van der Waals surface area (Å²) in [5, 5.41) is 9.06.